The van der Waals surface area contributed by atoms with Gasteiger partial charge in [-0.05, 0) is 54.8 Å². The van der Waals surface area contributed by atoms with E-state index in [1.165, 1.54) is 0 Å². The summed E-state index contributed by atoms with van der Waals surface area (Å²) >= 11 is 0. The number of ether oxygens (including phenoxy) is 2. The van der Waals surface area contributed by atoms with Crippen LogP contribution in [0.1, 0.15) is 48.5 Å². The fourth-order valence-corrected chi connectivity index (χ4v) is 5.49. The Balaban J connectivity index is 1.77. The Labute approximate surface area is 185 Å². The first-order valence-corrected chi connectivity index (χ1v) is 12.6. The van der Waals surface area contributed by atoms with Crippen LogP contribution in [0.15, 0.2) is 48.5 Å². The first kappa shape index (κ1) is 23.1. The van der Waals surface area contributed by atoms with Crippen molar-refractivity contribution in [2.75, 3.05) is 25.2 Å². The number of carbonyl (C=O) groups excluding carboxylic acids is 1. The van der Waals surface area contributed by atoms with Gasteiger partial charge >= 0.3 is 0 Å². The van der Waals surface area contributed by atoms with Crippen molar-refractivity contribution < 1.29 is 22.7 Å². The molecule has 6 nitrogen and oxygen atoms in total. The molecule has 0 N–H and O–H groups in total. The Morgan fingerprint density at radius 2 is 1.87 bits per heavy atom. The molecule has 3 rings (SSSR count). The highest BCUT2D eigenvalue weighted by atomic mass is 32.2. The average Bonchev–Trinajstić information content (AvgIpc) is 3.14. The smallest absolute Gasteiger partial charge is 0.254 e. The van der Waals surface area contributed by atoms with E-state index in [0.29, 0.717) is 30.9 Å². The lowest BCUT2D eigenvalue weighted by Crippen LogP contribution is -2.40. The molecule has 1 unspecified atom stereocenters. The molecule has 0 radical (unpaired) electrons. The third kappa shape index (κ3) is 6.47. The number of amides is 1. The van der Waals surface area contributed by atoms with Gasteiger partial charge in [0.2, 0.25) is 0 Å². The second-order valence-electron chi connectivity index (χ2n) is 7.92. The van der Waals surface area contributed by atoms with Crippen LogP contribution in [0.5, 0.6) is 11.5 Å². The Bertz CT molecular complexity index is 972. The molecule has 7 heteroatoms. The van der Waals surface area contributed by atoms with E-state index in [0.717, 1.165) is 30.6 Å². The number of carbonyl (C=O) groups is 1. The Morgan fingerprint density at radius 3 is 2.52 bits per heavy atom. The van der Waals surface area contributed by atoms with Crippen LogP contribution in [0.2, 0.25) is 0 Å². The summed E-state index contributed by atoms with van der Waals surface area (Å²) in [6.07, 6.45) is 3.72. The number of hydrogen-bond acceptors (Lipinski definition) is 5. The standard InChI is InChI=1S/C24H31NO5S/c1-3-4-5-14-30-22-11-9-20(10-12-22)24(26)25(21-13-15-31(27,28)18-21)17-19-7-6-8-23(16-19)29-2/h6-12,16,21H,3-5,13-15,17-18H2,1-2H3. The first-order chi connectivity index (χ1) is 14.9. The number of methoxy groups -OCH3 is 1. The average molecular weight is 446 g/mol. The maximum atomic E-state index is 13.4. The number of benzene rings is 2. The number of rotatable bonds is 10. The number of nitrogens with zero attached hydrogens (tertiary/aromatic N) is 1. The molecule has 2 aromatic carbocycles. The summed E-state index contributed by atoms with van der Waals surface area (Å²) in [5.74, 6) is 1.37. The maximum Gasteiger partial charge on any atom is 0.254 e. The molecule has 0 spiro atoms. The van der Waals surface area contributed by atoms with Gasteiger partial charge in [0.1, 0.15) is 11.5 Å². The van der Waals surface area contributed by atoms with Gasteiger partial charge in [-0.25, -0.2) is 8.42 Å². The predicted octanol–water partition coefficient (Wildman–Crippen LogP) is 4.09. The number of hydrogen-bond donors (Lipinski definition) is 0. The van der Waals surface area contributed by atoms with E-state index in [1.54, 1.807) is 36.3 Å². The minimum Gasteiger partial charge on any atom is -0.497 e. The zero-order valence-corrected chi connectivity index (χ0v) is 19.1. The van der Waals surface area contributed by atoms with E-state index in [1.807, 2.05) is 24.3 Å². The molecule has 1 atom stereocenters. The molecule has 1 saturated heterocycles. The summed E-state index contributed by atoms with van der Waals surface area (Å²) in [5, 5.41) is 0. The third-order valence-electron chi connectivity index (χ3n) is 5.51. The van der Waals surface area contributed by atoms with Crippen LogP contribution >= 0.6 is 0 Å². The monoisotopic (exact) mass is 445 g/mol. The molecule has 1 aliphatic heterocycles. The molecular weight excluding hydrogens is 414 g/mol. The summed E-state index contributed by atoms with van der Waals surface area (Å²) in [5.41, 5.74) is 1.42. The van der Waals surface area contributed by atoms with Gasteiger partial charge in [-0.2, -0.15) is 0 Å². The van der Waals surface area contributed by atoms with Gasteiger partial charge in [0, 0.05) is 18.2 Å². The largest absolute Gasteiger partial charge is 0.497 e. The van der Waals surface area contributed by atoms with Gasteiger partial charge in [0.25, 0.3) is 5.91 Å². The van der Waals surface area contributed by atoms with Crippen LogP contribution in [0.3, 0.4) is 0 Å². The van der Waals surface area contributed by atoms with E-state index in [9.17, 15) is 13.2 Å². The van der Waals surface area contributed by atoms with Crippen molar-refractivity contribution in [1.29, 1.82) is 0 Å². The summed E-state index contributed by atoms with van der Waals surface area (Å²) < 4.78 is 35.2. The Hall–Kier alpha value is -2.54. The molecule has 0 aromatic heterocycles. The summed E-state index contributed by atoms with van der Waals surface area (Å²) in [6, 6.07) is 14.3. The minimum atomic E-state index is -3.12. The van der Waals surface area contributed by atoms with Gasteiger partial charge in [-0.15, -0.1) is 0 Å². The van der Waals surface area contributed by atoms with Crippen LogP contribution in [0, 0.1) is 0 Å². The van der Waals surface area contributed by atoms with E-state index in [-0.39, 0.29) is 23.5 Å². The molecule has 0 bridgehead atoms. The normalized spacial score (nSPS) is 17.3. The molecule has 2 aromatic rings. The minimum absolute atomic E-state index is 0.00132. The highest BCUT2D eigenvalue weighted by molar-refractivity contribution is 7.91. The zero-order valence-electron chi connectivity index (χ0n) is 18.2. The van der Waals surface area contributed by atoms with Crippen LogP contribution in [-0.2, 0) is 16.4 Å². The van der Waals surface area contributed by atoms with Gasteiger partial charge in [-0.1, -0.05) is 31.9 Å². The molecule has 1 heterocycles. The lowest BCUT2D eigenvalue weighted by atomic mass is 10.1. The van der Waals surface area contributed by atoms with Crippen molar-refractivity contribution in [3.8, 4) is 11.5 Å². The van der Waals surface area contributed by atoms with Crippen molar-refractivity contribution in [3.05, 3.63) is 59.7 Å². The first-order valence-electron chi connectivity index (χ1n) is 10.8. The zero-order chi connectivity index (χ0) is 22.3. The summed E-state index contributed by atoms with van der Waals surface area (Å²) in [7, 11) is -1.53. The maximum absolute atomic E-state index is 13.4. The van der Waals surface area contributed by atoms with Crippen molar-refractivity contribution in [2.24, 2.45) is 0 Å². The fraction of sp³-hybridized carbons (Fsp3) is 0.458. The lowest BCUT2D eigenvalue weighted by Gasteiger charge is -2.29. The van der Waals surface area contributed by atoms with E-state index >= 15 is 0 Å². The highest BCUT2D eigenvalue weighted by Gasteiger charge is 2.35. The van der Waals surface area contributed by atoms with E-state index in [4.69, 9.17) is 9.47 Å². The van der Waals surface area contributed by atoms with Crippen LogP contribution in [-0.4, -0.2) is 50.5 Å². The second kappa shape index (κ2) is 10.7. The van der Waals surface area contributed by atoms with Gasteiger partial charge in [-0.3, -0.25) is 4.79 Å². The lowest BCUT2D eigenvalue weighted by molar-refractivity contribution is 0.0680. The third-order valence-corrected chi connectivity index (χ3v) is 7.27. The van der Waals surface area contributed by atoms with Crippen molar-refractivity contribution in [2.45, 2.75) is 45.2 Å². The molecule has 1 fully saturated rings. The van der Waals surface area contributed by atoms with Crippen molar-refractivity contribution in [1.82, 2.24) is 4.90 Å². The fourth-order valence-electron chi connectivity index (χ4n) is 3.76. The molecule has 31 heavy (non-hydrogen) atoms. The SMILES string of the molecule is CCCCCOc1ccc(C(=O)N(Cc2cccc(OC)c2)C2CCS(=O)(=O)C2)cc1. The molecule has 168 valence electrons. The molecule has 1 amide bonds. The molecule has 0 aliphatic carbocycles. The highest BCUT2D eigenvalue weighted by Crippen LogP contribution is 2.24. The quantitative estimate of drug-likeness (QED) is 0.515. The molecular formula is C24H31NO5S. The van der Waals surface area contributed by atoms with Crippen LogP contribution in [0.4, 0.5) is 0 Å². The van der Waals surface area contributed by atoms with Gasteiger partial charge < -0.3 is 14.4 Å². The van der Waals surface area contributed by atoms with Gasteiger partial charge in [0.15, 0.2) is 9.84 Å². The summed E-state index contributed by atoms with van der Waals surface area (Å²) in [6.45, 7) is 3.13. The van der Waals surface area contributed by atoms with E-state index in [2.05, 4.69) is 6.92 Å². The van der Waals surface area contributed by atoms with Gasteiger partial charge in [0.05, 0.1) is 25.2 Å². The molecule has 1 aliphatic rings. The van der Waals surface area contributed by atoms with Crippen molar-refractivity contribution in [3.63, 3.8) is 0 Å². The topological polar surface area (TPSA) is 72.9 Å². The second-order valence-corrected chi connectivity index (χ2v) is 10.2. The predicted molar refractivity (Wildman–Crippen MR) is 121 cm³/mol. The van der Waals surface area contributed by atoms with E-state index < -0.39 is 9.84 Å². The van der Waals surface area contributed by atoms with Crippen molar-refractivity contribution >= 4 is 15.7 Å². The van der Waals surface area contributed by atoms with Crippen LogP contribution < -0.4 is 9.47 Å². The van der Waals surface area contributed by atoms with Crippen LogP contribution in [0.25, 0.3) is 0 Å². The molecule has 0 saturated carbocycles. The summed E-state index contributed by atoms with van der Waals surface area (Å²) in [4.78, 5) is 15.0. The number of sulfone groups is 1. The Morgan fingerprint density at radius 1 is 1.10 bits per heavy atom. The number of unbranched alkanes of at least 4 members (excludes halogenated alkanes) is 2. The Kier molecular flexibility index (Phi) is 7.96.